The highest BCUT2D eigenvalue weighted by Crippen LogP contribution is 2.25. The Hall–Kier alpha value is -2.70. The lowest BCUT2D eigenvalue weighted by Gasteiger charge is -2.15. The molecule has 1 aromatic heterocycles. The summed E-state index contributed by atoms with van der Waals surface area (Å²) in [7, 11) is 0. The molecule has 0 spiro atoms. The van der Waals surface area contributed by atoms with Gasteiger partial charge in [-0.3, -0.25) is 4.79 Å². The van der Waals surface area contributed by atoms with E-state index in [2.05, 4.69) is 10.1 Å². The molecule has 126 valence electrons. The van der Waals surface area contributed by atoms with Gasteiger partial charge in [0.2, 0.25) is 11.8 Å². The Kier molecular flexibility index (Phi) is 4.59. The fraction of sp³-hybridized carbons (Fsp3) is 0.412. The molecule has 7 heteroatoms. The fourth-order valence-electron chi connectivity index (χ4n) is 2.90. The molecule has 0 aliphatic carbocycles. The van der Waals surface area contributed by atoms with Crippen LogP contribution in [0.2, 0.25) is 0 Å². The van der Waals surface area contributed by atoms with Gasteiger partial charge in [0.15, 0.2) is 5.82 Å². The van der Waals surface area contributed by atoms with Gasteiger partial charge in [0.05, 0.1) is 5.56 Å². The molecule has 1 atom stereocenters. The average Bonchev–Trinajstić information content (AvgIpc) is 3.22. The maximum absolute atomic E-state index is 12.3. The summed E-state index contributed by atoms with van der Waals surface area (Å²) < 4.78 is 5.00. The predicted octanol–water partition coefficient (Wildman–Crippen LogP) is 2.02. The van der Waals surface area contributed by atoms with E-state index in [4.69, 9.17) is 9.63 Å². The molecule has 0 radical (unpaired) electrons. The monoisotopic (exact) mass is 329 g/mol. The minimum atomic E-state index is -0.947. The number of hydrogen-bond donors (Lipinski definition) is 1. The molecular weight excluding hydrogens is 310 g/mol. The second-order valence-corrected chi connectivity index (χ2v) is 6.00. The molecule has 7 nitrogen and oxygen atoms in total. The van der Waals surface area contributed by atoms with E-state index < -0.39 is 5.97 Å². The van der Waals surface area contributed by atoms with Gasteiger partial charge in [-0.2, -0.15) is 4.98 Å². The molecule has 0 bridgehead atoms. The van der Waals surface area contributed by atoms with Crippen molar-refractivity contribution < 1.29 is 19.2 Å². The zero-order valence-electron chi connectivity index (χ0n) is 13.4. The third-order valence-electron chi connectivity index (χ3n) is 4.28. The van der Waals surface area contributed by atoms with Crippen molar-refractivity contribution in [3.8, 4) is 0 Å². The zero-order valence-corrected chi connectivity index (χ0v) is 13.4. The first kappa shape index (κ1) is 16.2. The van der Waals surface area contributed by atoms with Crippen molar-refractivity contribution in [1.82, 2.24) is 15.0 Å². The zero-order chi connectivity index (χ0) is 17.1. The van der Waals surface area contributed by atoms with Crippen LogP contribution < -0.4 is 0 Å². The number of amides is 1. The second-order valence-electron chi connectivity index (χ2n) is 6.00. The number of carbonyl (C=O) groups is 2. The first-order chi connectivity index (χ1) is 11.5. The van der Waals surface area contributed by atoms with Gasteiger partial charge >= 0.3 is 5.97 Å². The molecular formula is C17H19N3O4. The van der Waals surface area contributed by atoms with Crippen molar-refractivity contribution in [1.29, 1.82) is 0 Å². The fourth-order valence-corrected chi connectivity index (χ4v) is 2.90. The summed E-state index contributed by atoms with van der Waals surface area (Å²) in [5.41, 5.74) is 1.21. The highest BCUT2D eigenvalue weighted by Gasteiger charge is 2.29. The number of rotatable bonds is 5. The summed E-state index contributed by atoms with van der Waals surface area (Å²) in [4.78, 5) is 29.2. The third-order valence-corrected chi connectivity index (χ3v) is 4.28. The van der Waals surface area contributed by atoms with E-state index in [9.17, 15) is 9.59 Å². The predicted molar refractivity (Wildman–Crippen MR) is 84.7 cm³/mol. The van der Waals surface area contributed by atoms with Crippen LogP contribution in [0.5, 0.6) is 0 Å². The van der Waals surface area contributed by atoms with E-state index in [1.807, 2.05) is 4.90 Å². The Labute approximate surface area is 139 Å². The SMILES string of the molecule is Cc1nc(C2CCN(C(=O)CCc3ccc(C(=O)O)cc3)C2)no1. The van der Waals surface area contributed by atoms with Gasteiger partial charge in [-0.05, 0) is 30.5 Å². The molecule has 24 heavy (non-hydrogen) atoms. The van der Waals surface area contributed by atoms with Crippen LogP contribution in [-0.4, -0.2) is 45.1 Å². The van der Waals surface area contributed by atoms with Crippen LogP contribution in [0.3, 0.4) is 0 Å². The quantitative estimate of drug-likeness (QED) is 0.901. The number of carboxylic acids is 1. The van der Waals surface area contributed by atoms with Gasteiger partial charge in [0, 0.05) is 32.4 Å². The molecule has 2 heterocycles. The number of aryl methyl sites for hydroxylation is 2. The average molecular weight is 329 g/mol. The molecule has 1 aliphatic rings. The molecule has 3 rings (SSSR count). The number of nitrogens with zero attached hydrogens (tertiary/aromatic N) is 3. The molecule has 1 saturated heterocycles. The Morgan fingerprint density at radius 3 is 2.71 bits per heavy atom. The largest absolute Gasteiger partial charge is 0.478 e. The molecule has 0 saturated carbocycles. The molecule has 1 amide bonds. The Balaban J connectivity index is 1.51. The van der Waals surface area contributed by atoms with Crippen molar-refractivity contribution in [3.05, 3.63) is 47.1 Å². The van der Waals surface area contributed by atoms with Crippen molar-refractivity contribution in [2.24, 2.45) is 0 Å². The lowest BCUT2D eigenvalue weighted by Crippen LogP contribution is -2.28. The Morgan fingerprint density at radius 1 is 1.33 bits per heavy atom. The second kappa shape index (κ2) is 6.82. The van der Waals surface area contributed by atoms with Crippen LogP contribution in [0.25, 0.3) is 0 Å². The normalized spacial score (nSPS) is 17.2. The summed E-state index contributed by atoms with van der Waals surface area (Å²) in [6.07, 6.45) is 1.85. The summed E-state index contributed by atoms with van der Waals surface area (Å²) in [5.74, 6) is 0.505. The first-order valence-electron chi connectivity index (χ1n) is 7.93. The molecule has 1 N–H and O–H groups in total. The van der Waals surface area contributed by atoms with Gasteiger partial charge < -0.3 is 14.5 Å². The lowest BCUT2D eigenvalue weighted by molar-refractivity contribution is -0.130. The smallest absolute Gasteiger partial charge is 0.335 e. The molecule has 1 fully saturated rings. The summed E-state index contributed by atoms with van der Waals surface area (Å²) in [5, 5.41) is 12.8. The summed E-state index contributed by atoms with van der Waals surface area (Å²) in [6, 6.07) is 6.64. The first-order valence-corrected chi connectivity index (χ1v) is 7.93. The number of aromatic carboxylic acids is 1. The third kappa shape index (κ3) is 3.61. The molecule has 1 aromatic carbocycles. The van der Waals surface area contributed by atoms with Crippen LogP contribution in [0, 0.1) is 6.92 Å². The molecule has 1 unspecified atom stereocenters. The van der Waals surface area contributed by atoms with Gasteiger partial charge in [-0.1, -0.05) is 17.3 Å². The number of likely N-dealkylation sites (tertiary alicyclic amines) is 1. The number of aromatic nitrogens is 2. The van der Waals surface area contributed by atoms with Gasteiger partial charge in [-0.15, -0.1) is 0 Å². The topological polar surface area (TPSA) is 96.5 Å². The maximum Gasteiger partial charge on any atom is 0.335 e. The van der Waals surface area contributed by atoms with E-state index in [0.29, 0.717) is 37.6 Å². The number of carbonyl (C=O) groups excluding carboxylic acids is 1. The molecule has 2 aromatic rings. The van der Waals surface area contributed by atoms with Crippen molar-refractivity contribution >= 4 is 11.9 Å². The highest BCUT2D eigenvalue weighted by atomic mass is 16.5. The van der Waals surface area contributed by atoms with E-state index >= 15 is 0 Å². The standard InChI is InChI=1S/C17H19N3O4/c1-11-18-16(19-24-11)14-8-9-20(10-14)15(21)7-4-12-2-5-13(6-3-12)17(22)23/h2-3,5-6,14H,4,7-10H2,1H3,(H,22,23). The van der Waals surface area contributed by atoms with E-state index in [-0.39, 0.29) is 17.4 Å². The van der Waals surface area contributed by atoms with Crippen molar-refractivity contribution in [3.63, 3.8) is 0 Å². The van der Waals surface area contributed by atoms with E-state index in [1.165, 1.54) is 0 Å². The highest BCUT2D eigenvalue weighted by molar-refractivity contribution is 5.87. The van der Waals surface area contributed by atoms with E-state index in [0.717, 1.165) is 12.0 Å². The summed E-state index contributed by atoms with van der Waals surface area (Å²) >= 11 is 0. The van der Waals surface area contributed by atoms with Crippen LogP contribution in [-0.2, 0) is 11.2 Å². The number of hydrogen-bond acceptors (Lipinski definition) is 5. The van der Waals surface area contributed by atoms with Gasteiger partial charge in [-0.25, -0.2) is 4.79 Å². The summed E-state index contributed by atoms with van der Waals surface area (Å²) in [6.45, 7) is 3.08. The van der Waals surface area contributed by atoms with Crippen molar-refractivity contribution in [2.75, 3.05) is 13.1 Å². The number of benzene rings is 1. The van der Waals surface area contributed by atoms with Crippen LogP contribution >= 0.6 is 0 Å². The molecule has 1 aliphatic heterocycles. The minimum absolute atomic E-state index is 0.0972. The van der Waals surface area contributed by atoms with Crippen LogP contribution in [0.4, 0.5) is 0 Å². The van der Waals surface area contributed by atoms with Crippen LogP contribution in [0.15, 0.2) is 28.8 Å². The number of carboxylic acid groups (broad SMARTS) is 1. The Bertz CT molecular complexity index is 739. The Morgan fingerprint density at radius 2 is 2.08 bits per heavy atom. The minimum Gasteiger partial charge on any atom is -0.478 e. The van der Waals surface area contributed by atoms with Crippen molar-refractivity contribution in [2.45, 2.75) is 32.1 Å². The van der Waals surface area contributed by atoms with E-state index in [1.54, 1.807) is 31.2 Å². The van der Waals surface area contributed by atoms with Gasteiger partial charge in [0.25, 0.3) is 0 Å². The lowest BCUT2D eigenvalue weighted by atomic mass is 10.1. The van der Waals surface area contributed by atoms with Crippen LogP contribution in [0.1, 0.15) is 46.4 Å². The van der Waals surface area contributed by atoms with Gasteiger partial charge in [0.1, 0.15) is 0 Å². The maximum atomic E-state index is 12.3.